The summed E-state index contributed by atoms with van der Waals surface area (Å²) >= 11 is 8.01. The molecule has 1 heterocycles. The summed E-state index contributed by atoms with van der Waals surface area (Å²) in [6.45, 7) is 2.05. The highest BCUT2D eigenvalue weighted by atomic mass is 35.5. The van der Waals surface area contributed by atoms with Crippen LogP contribution in [0.4, 0.5) is 0 Å². The lowest BCUT2D eigenvalue weighted by molar-refractivity contribution is 0.100. The van der Waals surface area contributed by atoms with Gasteiger partial charge in [-0.2, -0.15) is 0 Å². The van der Waals surface area contributed by atoms with Crippen molar-refractivity contribution in [3.05, 3.63) is 94.5 Å². The lowest BCUT2D eigenvalue weighted by Crippen LogP contribution is -2.10. The maximum atomic E-state index is 11.3. The molecule has 2 N–H and O–H groups in total. The molecule has 1 amide bonds. The van der Waals surface area contributed by atoms with E-state index in [1.54, 1.807) is 23.9 Å². The molecule has 0 saturated heterocycles. The second-order valence-electron chi connectivity index (χ2n) is 6.81. The van der Waals surface area contributed by atoms with Gasteiger partial charge in [-0.05, 0) is 48.9 Å². The zero-order chi connectivity index (χ0) is 21.1. The van der Waals surface area contributed by atoms with Gasteiger partial charge in [-0.25, -0.2) is 0 Å². The molecule has 5 nitrogen and oxygen atoms in total. The fourth-order valence-electron chi connectivity index (χ4n) is 3.02. The number of carbonyl (C=O) groups is 1. The van der Waals surface area contributed by atoms with E-state index in [4.69, 9.17) is 17.3 Å². The summed E-state index contributed by atoms with van der Waals surface area (Å²) in [4.78, 5) is 11.3. The van der Waals surface area contributed by atoms with Crippen LogP contribution in [0.1, 0.15) is 21.5 Å². The van der Waals surface area contributed by atoms with E-state index in [9.17, 15) is 4.79 Å². The van der Waals surface area contributed by atoms with Crippen molar-refractivity contribution in [2.45, 2.75) is 17.8 Å². The Hall–Kier alpha value is -3.09. The standard InChI is InChI=1S/C23H19ClN4OS/c1-15-6-12-18(13-7-15)28-22(19-4-2-3-5-20(19)24)26-27-23(28)30-14-16-8-10-17(11-9-16)21(25)29/h2-13H,14H2,1H3,(H2,25,29). The summed E-state index contributed by atoms with van der Waals surface area (Å²) in [5.41, 5.74) is 9.83. The summed E-state index contributed by atoms with van der Waals surface area (Å²) in [5.74, 6) is 0.930. The van der Waals surface area contributed by atoms with E-state index in [0.29, 0.717) is 22.2 Å². The van der Waals surface area contributed by atoms with Gasteiger partial charge in [0.05, 0.1) is 5.02 Å². The average Bonchev–Trinajstić information content (AvgIpc) is 3.17. The summed E-state index contributed by atoms with van der Waals surface area (Å²) in [6, 6.07) is 23.1. The molecule has 0 fully saturated rings. The number of thioether (sulfide) groups is 1. The number of carbonyl (C=O) groups excluding carboxylic acids is 1. The lowest BCUT2D eigenvalue weighted by Gasteiger charge is -2.11. The molecule has 4 rings (SSSR count). The number of primary amides is 1. The second kappa shape index (κ2) is 8.73. The maximum Gasteiger partial charge on any atom is 0.248 e. The summed E-state index contributed by atoms with van der Waals surface area (Å²) in [5, 5.41) is 10.3. The number of aryl methyl sites for hydroxylation is 1. The van der Waals surface area contributed by atoms with E-state index in [1.807, 2.05) is 53.1 Å². The first kappa shape index (κ1) is 20.2. The van der Waals surface area contributed by atoms with E-state index < -0.39 is 5.91 Å². The number of nitrogens with zero attached hydrogens (tertiary/aromatic N) is 3. The Labute approximate surface area is 183 Å². The SMILES string of the molecule is Cc1ccc(-n2c(SCc3ccc(C(N)=O)cc3)nnc2-c2ccccc2Cl)cc1. The Balaban J connectivity index is 1.70. The molecule has 0 spiro atoms. The second-order valence-corrected chi connectivity index (χ2v) is 8.16. The van der Waals surface area contributed by atoms with Crippen molar-refractivity contribution < 1.29 is 4.79 Å². The van der Waals surface area contributed by atoms with Crippen LogP contribution in [0.15, 0.2) is 78.0 Å². The van der Waals surface area contributed by atoms with Crippen molar-refractivity contribution in [1.82, 2.24) is 14.8 Å². The highest BCUT2D eigenvalue weighted by Gasteiger charge is 2.18. The predicted octanol–water partition coefficient (Wildman–Crippen LogP) is 5.29. The largest absolute Gasteiger partial charge is 0.366 e. The van der Waals surface area contributed by atoms with Crippen LogP contribution in [0, 0.1) is 6.92 Å². The Morgan fingerprint density at radius 3 is 2.37 bits per heavy atom. The highest BCUT2D eigenvalue weighted by Crippen LogP contribution is 2.33. The molecule has 30 heavy (non-hydrogen) atoms. The van der Waals surface area contributed by atoms with Gasteiger partial charge in [0.25, 0.3) is 0 Å². The summed E-state index contributed by atoms with van der Waals surface area (Å²) < 4.78 is 2.02. The first-order valence-electron chi connectivity index (χ1n) is 9.32. The third-order valence-corrected chi connectivity index (χ3v) is 5.98. The van der Waals surface area contributed by atoms with Crippen LogP contribution in [0.5, 0.6) is 0 Å². The molecular weight excluding hydrogens is 416 g/mol. The normalized spacial score (nSPS) is 10.9. The molecule has 0 bridgehead atoms. The van der Waals surface area contributed by atoms with Crippen LogP contribution in [-0.2, 0) is 5.75 Å². The smallest absolute Gasteiger partial charge is 0.248 e. The van der Waals surface area contributed by atoms with Gasteiger partial charge in [0.1, 0.15) is 0 Å². The molecule has 3 aromatic carbocycles. The van der Waals surface area contributed by atoms with Crippen molar-refractivity contribution >= 4 is 29.3 Å². The first-order chi connectivity index (χ1) is 14.5. The van der Waals surface area contributed by atoms with Crippen LogP contribution >= 0.6 is 23.4 Å². The van der Waals surface area contributed by atoms with Crippen LogP contribution in [0.3, 0.4) is 0 Å². The fourth-order valence-corrected chi connectivity index (χ4v) is 4.15. The number of rotatable bonds is 6. The van der Waals surface area contributed by atoms with Crippen LogP contribution < -0.4 is 5.73 Å². The molecule has 0 aliphatic rings. The molecule has 0 aliphatic carbocycles. The predicted molar refractivity (Wildman–Crippen MR) is 121 cm³/mol. The van der Waals surface area contributed by atoms with Crippen LogP contribution in [0.2, 0.25) is 5.02 Å². The number of aromatic nitrogens is 3. The quantitative estimate of drug-likeness (QED) is 0.418. The number of amides is 1. The molecule has 0 atom stereocenters. The molecule has 150 valence electrons. The summed E-state index contributed by atoms with van der Waals surface area (Å²) in [7, 11) is 0. The molecular formula is C23H19ClN4OS. The maximum absolute atomic E-state index is 11.3. The van der Waals surface area contributed by atoms with E-state index in [0.717, 1.165) is 22.0 Å². The number of benzene rings is 3. The Kier molecular flexibility index (Phi) is 5.88. The Morgan fingerprint density at radius 1 is 1.00 bits per heavy atom. The molecule has 1 aromatic heterocycles. The minimum Gasteiger partial charge on any atom is -0.366 e. The van der Waals surface area contributed by atoms with Crippen LogP contribution in [-0.4, -0.2) is 20.7 Å². The molecule has 0 unspecified atom stereocenters. The molecule has 0 radical (unpaired) electrons. The highest BCUT2D eigenvalue weighted by molar-refractivity contribution is 7.98. The topological polar surface area (TPSA) is 73.8 Å². The van der Waals surface area contributed by atoms with E-state index in [2.05, 4.69) is 29.3 Å². The Morgan fingerprint density at radius 2 is 1.70 bits per heavy atom. The van der Waals surface area contributed by atoms with Gasteiger partial charge in [-0.1, -0.05) is 65.3 Å². The summed E-state index contributed by atoms with van der Waals surface area (Å²) in [6.07, 6.45) is 0. The molecule has 0 aliphatic heterocycles. The molecule has 4 aromatic rings. The van der Waals surface area contributed by atoms with Crippen LogP contribution in [0.25, 0.3) is 17.1 Å². The third-order valence-electron chi connectivity index (χ3n) is 4.65. The minimum absolute atomic E-state index is 0.433. The van der Waals surface area contributed by atoms with Gasteiger partial charge >= 0.3 is 0 Å². The van der Waals surface area contributed by atoms with E-state index >= 15 is 0 Å². The fraction of sp³-hybridized carbons (Fsp3) is 0.0870. The van der Waals surface area contributed by atoms with Gasteiger partial charge in [0.2, 0.25) is 5.91 Å². The lowest BCUT2D eigenvalue weighted by atomic mass is 10.1. The van der Waals surface area contributed by atoms with Crippen molar-refractivity contribution in [1.29, 1.82) is 0 Å². The van der Waals surface area contributed by atoms with Crippen molar-refractivity contribution in [3.8, 4) is 17.1 Å². The zero-order valence-corrected chi connectivity index (χ0v) is 17.8. The van der Waals surface area contributed by atoms with Crippen molar-refractivity contribution in [3.63, 3.8) is 0 Å². The van der Waals surface area contributed by atoms with Gasteiger partial charge in [0.15, 0.2) is 11.0 Å². The first-order valence-corrected chi connectivity index (χ1v) is 10.7. The molecule has 7 heteroatoms. The van der Waals surface area contributed by atoms with Gasteiger partial charge in [0, 0.05) is 22.6 Å². The minimum atomic E-state index is -0.433. The van der Waals surface area contributed by atoms with Gasteiger partial charge in [-0.3, -0.25) is 9.36 Å². The Bertz CT molecular complexity index is 1190. The van der Waals surface area contributed by atoms with Gasteiger partial charge in [-0.15, -0.1) is 10.2 Å². The van der Waals surface area contributed by atoms with Crippen molar-refractivity contribution in [2.24, 2.45) is 5.73 Å². The third kappa shape index (κ3) is 4.25. The zero-order valence-electron chi connectivity index (χ0n) is 16.2. The van der Waals surface area contributed by atoms with Gasteiger partial charge < -0.3 is 5.73 Å². The number of hydrogen-bond donors (Lipinski definition) is 1. The number of hydrogen-bond acceptors (Lipinski definition) is 4. The number of halogens is 1. The van der Waals surface area contributed by atoms with Crippen molar-refractivity contribution in [2.75, 3.05) is 0 Å². The number of nitrogens with two attached hydrogens (primary N) is 1. The average molecular weight is 435 g/mol. The monoisotopic (exact) mass is 434 g/mol. The van der Waals surface area contributed by atoms with E-state index in [-0.39, 0.29) is 0 Å². The van der Waals surface area contributed by atoms with E-state index in [1.165, 1.54) is 5.56 Å². The molecule has 0 saturated carbocycles.